The second kappa shape index (κ2) is 4.66. The third-order valence-corrected chi connectivity index (χ3v) is 4.07. The predicted octanol–water partition coefficient (Wildman–Crippen LogP) is 4.21. The van der Waals surface area contributed by atoms with Crippen LogP contribution in [0.5, 0.6) is 0 Å². The van der Waals surface area contributed by atoms with Gasteiger partial charge in [-0.2, -0.15) is 0 Å². The van der Waals surface area contributed by atoms with Crippen molar-refractivity contribution in [3.63, 3.8) is 0 Å². The monoisotopic (exact) mass is 301 g/mol. The van der Waals surface area contributed by atoms with Crippen molar-refractivity contribution in [2.45, 2.75) is 6.04 Å². The van der Waals surface area contributed by atoms with Crippen LogP contribution < -0.4 is 5.73 Å². The number of benzene rings is 1. The zero-order chi connectivity index (χ0) is 10.8. The van der Waals surface area contributed by atoms with Gasteiger partial charge in [0, 0.05) is 9.35 Å². The summed E-state index contributed by atoms with van der Waals surface area (Å²) in [5.74, 6) is 0. The molecule has 1 atom stereocenters. The number of rotatable bonds is 2. The lowest BCUT2D eigenvalue weighted by Crippen LogP contribution is -2.10. The Labute approximate surface area is 106 Å². The molecule has 0 fully saturated rings. The first-order chi connectivity index (χ1) is 7.18. The second-order valence-electron chi connectivity index (χ2n) is 3.17. The average molecular weight is 303 g/mol. The fraction of sp³-hybridized carbons (Fsp3) is 0.0909. The molecule has 0 spiro atoms. The highest BCUT2D eigenvalue weighted by Gasteiger charge is 2.13. The maximum atomic E-state index is 6.14. The Morgan fingerprint density at radius 2 is 2.13 bits per heavy atom. The maximum absolute atomic E-state index is 6.14. The largest absolute Gasteiger partial charge is 0.320 e. The van der Waals surface area contributed by atoms with Crippen molar-refractivity contribution in [1.82, 2.24) is 0 Å². The van der Waals surface area contributed by atoms with Crippen molar-refractivity contribution < 1.29 is 0 Å². The number of hydrogen-bond donors (Lipinski definition) is 1. The molecule has 0 aliphatic carbocycles. The van der Waals surface area contributed by atoms with Gasteiger partial charge in [-0.1, -0.05) is 39.7 Å². The van der Waals surface area contributed by atoms with E-state index in [0.717, 1.165) is 19.9 Å². The number of nitrogens with two attached hydrogens (primary N) is 1. The van der Waals surface area contributed by atoms with E-state index < -0.39 is 0 Å². The zero-order valence-corrected chi connectivity index (χ0v) is 10.9. The van der Waals surface area contributed by atoms with Crippen LogP contribution in [-0.2, 0) is 0 Å². The molecule has 2 rings (SSSR count). The minimum Gasteiger partial charge on any atom is -0.320 e. The molecule has 1 aromatic carbocycles. The first-order valence-corrected chi connectivity index (χ1v) is 6.47. The third-order valence-electron chi connectivity index (χ3n) is 2.14. The van der Waals surface area contributed by atoms with Gasteiger partial charge in [-0.15, -0.1) is 11.3 Å². The highest BCUT2D eigenvalue weighted by Crippen LogP contribution is 2.31. The van der Waals surface area contributed by atoms with Gasteiger partial charge in [0.15, 0.2) is 0 Å². The summed E-state index contributed by atoms with van der Waals surface area (Å²) in [7, 11) is 0. The van der Waals surface area contributed by atoms with Crippen LogP contribution >= 0.6 is 38.9 Å². The normalized spacial score (nSPS) is 12.7. The molecule has 78 valence electrons. The minimum atomic E-state index is -0.144. The molecule has 0 amide bonds. The number of hydrogen-bond acceptors (Lipinski definition) is 2. The molecule has 0 saturated carbocycles. The Morgan fingerprint density at radius 3 is 2.73 bits per heavy atom. The third kappa shape index (κ3) is 2.42. The first kappa shape index (κ1) is 11.1. The molecule has 2 N–H and O–H groups in total. The molecule has 0 aliphatic heterocycles. The van der Waals surface area contributed by atoms with E-state index in [1.807, 2.05) is 35.7 Å². The van der Waals surface area contributed by atoms with E-state index in [0.29, 0.717) is 0 Å². The number of thiophene rings is 1. The number of halogens is 2. The van der Waals surface area contributed by atoms with E-state index in [-0.39, 0.29) is 6.04 Å². The van der Waals surface area contributed by atoms with Gasteiger partial charge in [-0.3, -0.25) is 0 Å². The summed E-state index contributed by atoms with van der Waals surface area (Å²) in [6.07, 6.45) is 0. The Morgan fingerprint density at radius 1 is 1.33 bits per heavy atom. The molecular formula is C11H9BrClNS. The molecule has 1 unspecified atom stereocenters. The SMILES string of the molecule is NC(c1cccc(Br)c1)c1sccc1Cl. The van der Waals surface area contributed by atoms with Crippen LogP contribution in [0.25, 0.3) is 0 Å². The van der Waals surface area contributed by atoms with E-state index in [1.54, 1.807) is 11.3 Å². The van der Waals surface area contributed by atoms with Crippen molar-refractivity contribution in [2.75, 3.05) is 0 Å². The average Bonchev–Trinajstić information content (AvgIpc) is 2.63. The Balaban J connectivity index is 2.36. The molecule has 2 aromatic rings. The Kier molecular flexibility index (Phi) is 3.46. The van der Waals surface area contributed by atoms with Crippen molar-refractivity contribution in [1.29, 1.82) is 0 Å². The molecule has 0 bridgehead atoms. The van der Waals surface area contributed by atoms with Gasteiger partial charge in [0.05, 0.1) is 11.1 Å². The predicted molar refractivity (Wildman–Crippen MR) is 69.5 cm³/mol. The molecule has 15 heavy (non-hydrogen) atoms. The fourth-order valence-corrected chi connectivity index (χ4v) is 3.00. The van der Waals surface area contributed by atoms with Gasteiger partial charge in [-0.25, -0.2) is 0 Å². The van der Waals surface area contributed by atoms with Crippen LogP contribution in [0.1, 0.15) is 16.5 Å². The lowest BCUT2D eigenvalue weighted by Gasteiger charge is -2.11. The minimum absolute atomic E-state index is 0.144. The molecule has 0 radical (unpaired) electrons. The molecule has 4 heteroatoms. The van der Waals surface area contributed by atoms with E-state index in [4.69, 9.17) is 17.3 Å². The highest BCUT2D eigenvalue weighted by molar-refractivity contribution is 9.10. The van der Waals surface area contributed by atoms with E-state index in [2.05, 4.69) is 15.9 Å². The smallest absolute Gasteiger partial charge is 0.0661 e. The van der Waals surface area contributed by atoms with Crippen LogP contribution in [0.2, 0.25) is 5.02 Å². The summed E-state index contributed by atoms with van der Waals surface area (Å²) in [6.45, 7) is 0. The Bertz CT molecular complexity index is 469. The highest BCUT2D eigenvalue weighted by atomic mass is 79.9. The zero-order valence-electron chi connectivity index (χ0n) is 7.78. The standard InChI is InChI=1S/C11H9BrClNS/c12-8-3-1-2-7(6-8)10(14)11-9(13)4-5-15-11/h1-6,10H,14H2. The molecule has 1 aromatic heterocycles. The van der Waals surface area contributed by atoms with Gasteiger partial charge in [0.1, 0.15) is 0 Å². The van der Waals surface area contributed by atoms with Crippen LogP contribution in [0, 0.1) is 0 Å². The summed E-state index contributed by atoms with van der Waals surface area (Å²) in [5, 5.41) is 2.70. The van der Waals surface area contributed by atoms with Crippen molar-refractivity contribution >= 4 is 38.9 Å². The van der Waals surface area contributed by atoms with Crippen LogP contribution in [0.3, 0.4) is 0 Å². The molecular weight excluding hydrogens is 294 g/mol. The molecule has 0 aliphatic rings. The second-order valence-corrected chi connectivity index (χ2v) is 5.44. The lowest BCUT2D eigenvalue weighted by molar-refractivity contribution is 0.893. The first-order valence-electron chi connectivity index (χ1n) is 4.42. The van der Waals surface area contributed by atoms with Crippen LogP contribution in [0.15, 0.2) is 40.2 Å². The van der Waals surface area contributed by atoms with Gasteiger partial charge in [0.25, 0.3) is 0 Å². The van der Waals surface area contributed by atoms with Gasteiger partial charge in [-0.05, 0) is 29.1 Å². The van der Waals surface area contributed by atoms with Crippen LogP contribution in [-0.4, -0.2) is 0 Å². The maximum Gasteiger partial charge on any atom is 0.0661 e. The van der Waals surface area contributed by atoms with E-state index >= 15 is 0 Å². The van der Waals surface area contributed by atoms with Crippen molar-refractivity contribution in [3.05, 3.63) is 55.6 Å². The summed E-state index contributed by atoms with van der Waals surface area (Å²) >= 11 is 11.1. The Hall–Kier alpha value is -0.350. The van der Waals surface area contributed by atoms with Crippen molar-refractivity contribution in [3.8, 4) is 0 Å². The summed E-state index contributed by atoms with van der Waals surface area (Å²) in [5.41, 5.74) is 7.20. The van der Waals surface area contributed by atoms with Crippen LogP contribution in [0.4, 0.5) is 0 Å². The van der Waals surface area contributed by atoms with Gasteiger partial charge >= 0.3 is 0 Å². The molecule has 0 saturated heterocycles. The van der Waals surface area contributed by atoms with E-state index in [9.17, 15) is 0 Å². The lowest BCUT2D eigenvalue weighted by atomic mass is 10.1. The fourth-order valence-electron chi connectivity index (χ4n) is 1.38. The molecule has 1 nitrogen and oxygen atoms in total. The summed E-state index contributed by atoms with van der Waals surface area (Å²) in [6, 6.07) is 9.70. The summed E-state index contributed by atoms with van der Waals surface area (Å²) < 4.78 is 1.03. The van der Waals surface area contributed by atoms with E-state index in [1.165, 1.54) is 0 Å². The summed E-state index contributed by atoms with van der Waals surface area (Å²) in [4.78, 5) is 1.01. The van der Waals surface area contributed by atoms with Gasteiger partial charge < -0.3 is 5.73 Å². The van der Waals surface area contributed by atoms with Crippen molar-refractivity contribution in [2.24, 2.45) is 5.73 Å². The molecule has 1 heterocycles. The quantitative estimate of drug-likeness (QED) is 0.883. The topological polar surface area (TPSA) is 26.0 Å². The van der Waals surface area contributed by atoms with Gasteiger partial charge in [0.2, 0.25) is 0 Å².